The van der Waals surface area contributed by atoms with Crippen LogP contribution in [0, 0.1) is 0 Å². The maximum atomic E-state index is 15.2. The molecule has 2 aromatic rings. The molecule has 2 heterocycles. The van der Waals surface area contributed by atoms with E-state index in [0.717, 1.165) is 0 Å². The second kappa shape index (κ2) is 48.2. The number of unbranched alkanes of at least 4 members (excludes halogenated alkanes) is 2. The Labute approximate surface area is 614 Å². The molecule has 42 heteroatoms. The molecule has 0 unspecified atom stereocenters. The van der Waals surface area contributed by atoms with E-state index in [1.165, 1.54) is 11.8 Å². The lowest BCUT2D eigenvalue weighted by molar-refractivity contribution is -0.142. The number of amides is 11. The van der Waals surface area contributed by atoms with Gasteiger partial charge in [-0.25, -0.2) is 0 Å². The second-order valence-electron chi connectivity index (χ2n) is 25.5. The number of carbonyl (C=O) groups is 11. The fourth-order valence-corrected chi connectivity index (χ4v) is 11.3. The van der Waals surface area contributed by atoms with Crippen LogP contribution in [0.5, 0.6) is 0 Å². The molecule has 11 atom stereocenters. The van der Waals surface area contributed by atoms with Gasteiger partial charge in [0.2, 0.25) is 65.0 Å². The first kappa shape index (κ1) is 89.3. The summed E-state index contributed by atoms with van der Waals surface area (Å²) in [5.41, 5.74) is 80.2. The van der Waals surface area contributed by atoms with E-state index in [-0.39, 0.29) is 178 Å². The first-order valence-corrected chi connectivity index (χ1v) is 35.3. The fraction of sp³-hybridized carbons (Fsp3) is 0.625. The van der Waals surface area contributed by atoms with Crippen LogP contribution >= 0.6 is 0 Å². The van der Waals surface area contributed by atoms with Crippen LogP contribution in [0.4, 0.5) is 0 Å². The number of guanidine groups is 5. The zero-order valence-corrected chi connectivity index (χ0v) is 60.2. The van der Waals surface area contributed by atoms with Crippen molar-refractivity contribution in [3.63, 3.8) is 0 Å². The van der Waals surface area contributed by atoms with Gasteiger partial charge < -0.3 is 143 Å². The average molecular weight is 1500 g/mol. The Bertz CT molecular complexity index is 3340. The number of nitrogens with zero attached hydrogens (tertiary/aromatic N) is 6. The maximum absolute atomic E-state index is 15.2. The summed E-state index contributed by atoms with van der Waals surface area (Å²) in [5, 5.41) is 34.9. The van der Waals surface area contributed by atoms with Crippen molar-refractivity contribution in [2.24, 2.45) is 105 Å². The lowest BCUT2D eigenvalue weighted by Gasteiger charge is -2.30. The predicted molar refractivity (Wildman–Crippen MR) is 399 cm³/mol. The van der Waals surface area contributed by atoms with E-state index in [1.807, 2.05) is 0 Å². The predicted octanol–water partition coefficient (Wildman–Crippen LogP) is -9.58. The fourth-order valence-electron chi connectivity index (χ4n) is 11.3. The first-order valence-electron chi connectivity index (χ1n) is 35.3. The molecule has 1 aromatic carbocycles. The highest BCUT2D eigenvalue weighted by Crippen LogP contribution is 2.22. The van der Waals surface area contributed by atoms with Crippen molar-refractivity contribution in [3.05, 3.63) is 36.0 Å². The van der Waals surface area contributed by atoms with Gasteiger partial charge in [-0.1, -0.05) is 18.2 Å². The minimum absolute atomic E-state index is 0.00508. The lowest BCUT2D eigenvalue weighted by Crippen LogP contribution is -2.61. The molecule has 1 aliphatic heterocycles. The molecule has 0 aliphatic carbocycles. The van der Waals surface area contributed by atoms with Crippen molar-refractivity contribution in [1.82, 2.24) is 57.7 Å². The summed E-state index contributed by atoms with van der Waals surface area (Å²) in [5.74, 6) is -10.6. The number of aliphatic hydroxyl groups excluding tert-OH is 1. The van der Waals surface area contributed by atoms with Gasteiger partial charge in [-0.15, -0.1) is 0 Å². The zero-order chi connectivity index (χ0) is 78.8. The number of aromatic nitrogens is 1. The van der Waals surface area contributed by atoms with Crippen molar-refractivity contribution >= 4 is 106 Å². The maximum Gasteiger partial charge on any atom is 0.243 e. The third-order valence-corrected chi connectivity index (χ3v) is 16.9. The van der Waals surface area contributed by atoms with Gasteiger partial charge in [0.25, 0.3) is 0 Å². The number of fused-ring (bicyclic) bond motifs is 1. The van der Waals surface area contributed by atoms with Crippen molar-refractivity contribution in [3.8, 4) is 0 Å². The van der Waals surface area contributed by atoms with Crippen molar-refractivity contribution in [2.45, 2.75) is 195 Å². The topological polar surface area (TPSA) is 761 Å². The lowest BCUT2D eigenvalue weighted by atomic mass is 10.0. The highest BCUT2D eigenvalue weighted by Gasteiger charge is 2.40. The third-order valence-electron chi connectivity index (χ3n) is 16.9. The van der Waals surface area contributed by atoms with E-state index in [0.29, 0.717) is 42.1 Å². The average Bonchev–Trinajstić information content (AvgIpc) is 1.66. The number of nitrogens with two attached hydrogens (primary N) is 14. The molecule has 3 rings (SSSR count). The molecule has 1 aromatic heterocycles. The zero-order valence-electron chi connectivity index (χ0n) is 60.2. The standard InChI is InChI=1S/C64H114N30O12/c1-35(95)49(68)59(106)94-31-13-23-47(94)58(105)92-45(22-12-30-83-64(77)78)56(103)93-46(32-36-33-84-38-15-3-2-14-37(36)38)57(104)91-44(21-11-29-82-63(75)76)55(102)90-43(20-10-28-81-62(73)74)54(101)89-42(19-9-27-80-61(71)72)53(100)88-41(17-5-7-25-66)52(99)87-40(16-4-6-24-65)51(98)86-39(18-8-26-79-60(69)70)50(97)85-34-48(67)96/h2-3,14-15,33,35,39-47,49,84,95H,4-13,16-32,34,65-66,68H2,1H3,(H2,67,96)(H,85,97)(H,86,98)(H,87,99)(H,88,100)(H,89,101)(H,90,102)(H,91,104)(H,92,105)(H,93,103)(H4,69,70,79)(H4,71,72,80)(H4,73,74,81)(H4,75,76,82)(H4,77,78,83)/t35-,39+,40+,41+,42+,43+,44+,45+,46+,47+,49+/m1/s1. The van der Waals surface area contributed by atoms with E-state index in [9.17, 15) is 48.3 Å². The van der Waals surface area contributed by atoms with Crippen LogP contribution in [-0.2, 0) is 59.2 Å². The Morgan fingerprint density at radius 2 is 0.802 bits per heavy atom. The molecule has 592 valence electrons. The van der Waals surface area contributed by atoms with Crippen LogP contribution in [0.2, 0.25) is 0 Å². The Morgan fingerprint density at radius 3 is 1.15 bits per heavy atom. The SMILES string of the molecule is C[C@@H](O)[C@H](N)C(=O)N1CCC[C@H]1C(=O)N[C@@H](CCCN=C(N)N)C(=O)N[C@@H](Cc1c[nH]c2ccccc12)C(=O)N[C@@H](CCCN=C(N)N)C(=O)N[C@@H](CCCN=C(N)N)C(=O)N[C@@H](CCCN=C(N)N)C(=O)N[C@@H](CCCCN)C(=O)N[C@@H](CCCCN)C(=O)N[C@@H](CCCN=C(N)N)C(=O)NCC(N)=O. The Kier molecular flexibility index (Phi) is 40.6. The summed E-state index contributed by atoms with van der Waals surface area (Å²) in [6.07, 6.45) is 1.87. The van der Waals surface area contributed by atoms with Crippen molar-refractivity contribution in [2.75, 3.05) is 58.9 Å². The van der Waals surface area contributed by atoms with E-state index in [2.05, 4.69) is 77.8 Å². The molecule has 1 fully saturated rings. The minimum atomic E-state index is -1.55. The molecule has 39 N–H and O–H groups in total. The molecular weight excluding hydrogens is 1380 g/mol. The summed E-state index contributed by atoms with van der Waals surface area (Å²) in [6, 6.07) is -6.83. The van der Waals surface area contributed by atoms with Crippen LogP contribution < -0.4 is 128 Å². The molecule has 0 radical (unpaired) electrons. The summed E-state index contributed by atoms with van der Waals surface area (Å²) < 4.78 is 0. The van der Waals surface area contributed by atoms with Crippen LogP contribution in [0.15, 0.2) is 55.4 Å². The molecule has 0 spiro atoms. The number of rotatable bonds is 51. The number of likely N-dealkylation sites (tertiary alicyclic amines) is 1. The van der Waals surface area contributed by atoms with Gasteiger partial charge in [-0.05, 0) is 147 Å². The number of hydrogen-bond donors (Lipinski definition) is 25. The van der Waals surface area contributed by atoms with E-state index < -0.39 is 138 Å². The molecular formula is C64H114N30O12. The van der Waals surface area contributed by atoms with E-state index >= 15 is 9.59 Å². The Morgan fingerprint density at radius 1 is 0.472 bits per heavy atom. The summed E-state index contributed by atoms with van der Waals surface area (Å²) >= 11 is 0. The molecule has 1 saturated heterocycles. The van der Waals surface area contributed by atoms with Gasteiger partial charge in [0.05, 0.1) is 12.6 Å². The molecule has 0 saturated carbocycles. The smallest absolute Gasteiger partial charge is 0.243 e. The van der Waals surface area contributed by atoms with Crippen LogP contribution in [0.1, 0.15) is 128 Å². The van der Waals surface area contributed by atoms with Gasteiger partial charge >= 0.3 is 0 Å². The largest absolute Gasteiger partial charge is 0.391 e. The normalized spacial score (nSPS) is 15.3. The van der Waals surface area contributed by atoms with Crippen LogP contribution in [0.3, 0.4) is 0 Å². The highest BCUT2D eigenvalue weighted by molar-refractivity contribution is 5.99. The number of primary amides is 1. The van der Waals surface area contributed by atoms with Crippen molar-refractivity contribution in [1.29, 1.82) is 0 Å². The molecule has 11 amide bonds. The third kappa shape index (κ3) is 33.7. The number of aliphatic imine (C=N–C) groups is 5. The number of carbonyl (C=O) groups excluding carboxylic acids is 11. The number of aromatic amines is 1. The number of aliphatic hydroxyl groups is 1. The van der Waals surface area contributed by atoms with Gasteiger partial charge in [0.15, 0.2) is 29.8 Å². The number of H-pyrrole nitrogens is 1. The van der Waals surface area contributed by atoms with Gasteiger partial charge in [-0.3, -0.25) is 77.7 Å². The molecule has 0 bridgehead atoms. The van der Waals surface area contributed by atoms with Crippen molar-refractivity contribution < 1.29 is 57.8 Å². The number of para-hydroxylation sites is 1. The van der Waals surface area contributed by atoms with Crippen LogP contribution in [0.25, 0.3) is 10.9 Å². The van der Waals surface area contributed by atoms with Crippen LogP contribution in [-0.4, -0.2) is 235 Å². The number of benzene rings is 1. The number of nitrogens with one attached hydrogen (secondary N) is 10. The minimum Gasteiger partial charge on any atom is -0.391 e. The first-order chi connectivity index (χ1) is 50.4. The molecule has 106 heavy (non-hydrogen) atoms. The van der Waals surface area contributed by atoms with E-state index in [1.54, 1.807) is 30.5 Å². The van der Waals surface area contributed by atoms with Gasteiger partial charge in [0, 0.05) is 62.8 Å². The van der Waals surface area contributed by atoms with E-state index in [4.69, 9.17) is 80.3 Å². The second-order valence-corrected chi connectivity index (χ2v) is 25.5. The summed E-state index contributed by atoms with van der Waals surface area (Å²) in [7, 11) is 0. The quantitative estimate of drug-likeness (QED) is 0.0166. The molecule has 1 aliphatic rings. The Balaban J connectivity index is 2.13. The van der Waals surface area contributed by atoms with Gasteiger partial charge in [-0.2, -0.15) is 0 Å². The number of hydrogen-bond acceptors (Lipinski definition) is 20. The highest BCUT2D eigenvalue weighted by atomic mass is 16.3. The monoisotopic (exact) mass is 1490 g/mol. The molecule has 42 nitrogen and oxygen atoms in total. The Hall–Kier alpha value is -10.9. The summed E-state index contributed by atoms with van der Waals surface area (Å²) in [6.45, 7) is 1.27. The summed E-state index contributed by atoms with van der Waals surface area (Å²) in [4.78, 5) is 181. The van der Waals surface area contributed by atoms with Gasteiger partial charge in [0.1, 0.15) is 60.4 Å².